The topological polar surface area (TPSA) is 78.5 Å². The van der Waals surface area contributed by atoms with E-state index in [4.69, 9.17) is 0 Å². The molecular formula is C16H22FN3O3S. The molecule has 0 radical (unpaired) electrons. The van der Waals surface area contributed by atoms with Gasteiger partial charge in [-0.1, -0.05) is 0 Å². The van der Waals surface area contributed by atoms with Gasteiger partial charge in [-0.3, -0.25) is 4.79 Å². The number of amides is 1. The third-order valence-electron chi connectivity index (χ3n) is 4.69. The van der Waals surface area contributed by atoms with E-state index in [0.29, 0.717) is 13.0 Å². The summed E-state index contributed by atoms with van der Waals surface area (Å²) in [7, 11) is -3.45. The number of nitrogens with zero attached hydrogens (tertiary/aromatic N) is 1. The first-order valence-electron chi connectivity index (χ1n) is 8.13. The van der Waals surface area contributed by atoms with Gasteiger partial charge in [0.15, 0.2) is 9.84 Å². The number of halogens is 1. The zero-order chi connectivity index (χ0) is 17.3. The monoisotopic (exact) mass is 355 g/mol. The van der Waals surface area contributed by atoms with Crippen molar-refractivity contribution in [1.29, 1.82) is 0 Å². The highest BCUT2D eigenvalue weighted by Gasteiger charge is 2.36. The number of carbonyl (C=O) groups is 1. The molecule has 1 amide bonds. The van der Waals surface area contributed by atoms with E-state index in [1.165, 1.54) is 12.1 Å². The normalized spacial score (nSPS) is 22.8. The fourth-order valence-electron chi connectivity index (χ4n) is 3.35. The summed E-state index contributed by atoms with van der Waals surface area (Å²) in [6.45, 7) is 2.49. The third kappa shape index (κ3) is 3.54. The highest BCUT2D eigenvalue weighted by Crippen LogP contribution is 2.25. The number of hydrogen-bond donors (Lipinski definition) is 2. The zero-order valence-electron chi connectivity index (χ0n) is 13.6. The fourth-order valence-corrected chi connectivity index (χ4v) is 3.98. The number of carbonyl (C=O) groups excluding carboxylic acids is 1. The zero-order valence-corrected chi connectivity index (χ0v) is 14.4. The first kappa shape index (κ1) is 17.2. The van der Waals surface area contributed by atoms with Crippen LogP contribution < -0.4 is 10.6 Å². The van der Waals surface area contributed by atoms with Crippen LogP contribution >= 0.6 is 0 Å². The van der Waals surface area contributed by atoms with Gasteiger partial charge in [0.2, 0.25) is 5.91 Å². The van der Waals surface area contributed by atoms with Crippen molar-refractivity contribution in [2.75, 3.05) is 31.2 Å². The predicted octanol–water partition coefficient (Wildman–Crippen LogP) is 0.994. The number of anilines is 1. The highest BCUT2D eigenvalue weighted by atomic mass is 32.2. The molecule has 0 spiro atoms. The Balaban J connectivity index is 1.69. The van der Waals surface area contributed by atoms with Gasteiger partial charge in [-0.05, 0) is 50.6 Å². The lowest BCUT2D eigenvalue weighted by atomic mass is 10.1. The predicted molar refractivity (Wildman–Crippen MR) is 89.1 cm³/mol. The second-order valence-corrected chi connectivity index (χ2v) is 8.43. The lowest BCUT2D eigenvalue weighted by Crippen LogP contribution is -2.45. The van der Waals surface area contributed by atoms with Gasteiger partial charge in [0.1, 0.15) is 11.9 Å². The molecule has 2 N–H and O–H groups in total. The summed E-state index contributed by atoms with van der Waals surface area (Å²) in [6, 6.07) is 3.51. The summed E-state index contributed by atoms with van der Waals surface area (Å²) >= 11 is 0. The Morgan fingerprint density at radius 3 is 2.58 bits per heavy atom. The summed E-state index contributed by atoms with van der Waals surface area (Å²) in [5.41, 5.74) is 0.160. The van der Waals surface area contributed by atoms with Gasteiger partial charge >= 0.3 is 0 Å². The number of hydrogen-bond acceptors (Lipinski definition) is 5. The molecule has 132 valence electrons. The molecule has 0 bridgehead atoms. The van der Waals surface area contributed by atoms with E-state index in [9.17, 15) is 17.6 Å². The van der Waals surface area contributed by atoms with Crippen molar-refractivity contribution in [3.8, 4) is 0 Å². The minimum absolute atomic E-state index is 0.00603. The minimum atomic E-state index is -3.45. The van der Waals surface area contributed by atoms with Gasteiger partial charge in [-0.25, -0.2) is 12.8 Å². The van der Waals surface area contributed by atoms with Crippen LogP contribution in [0, 0.1) is 5.82 Å². The standard InChI is InChI=1S/C16H22FN3O3S/c1-24(22,23)12-2-3-14(13(17)10-12)19-15-6-9-20(16(15)21)11-4-7-18-8-5-11/h2-3,10-11,15,18-19H,4-9H2,1H3. The molecule has 2 aliphatic heterocycles. The molecule has 1 atom stereocenters. The molecule has 6 nitrogen and oxygen atoms in total. The molecule has 2 heterocycles. The van der Waals surface area contributed by atoms with Crippen molar-refractivity contribution < 1.29 is 17.6 Å². The maximum Gasteiger partial charge on any atom is 0.245 e. The SMILES string of the molecule is CS(=O)(=O)c1ccc(NC2CCN(C3CCNCC3)C2=O)c(F)c1. The van der Waals surface area contributed by atoms with Crippen LogP contribution in [0.5, 0.6) is 0 Å². The molecular weight excluding hydrogens is 333 g/mol. The Labute approximate surface area is 141 Å². The van der Waals surface area contributed by atoms with Crippen molar-refractivity contribution in [3.63, 3.8) is 0 Å². The van der Waals surface area contributed by atoms with E-state index >= 15 is 0 Å². The second kappa shape index (κ2) is 6.68. The van der Waals surface area contributed by atoms with Crippen LogP contribution in [0.15, 0.2) is 23.1 Å². The van der Waals surface area contributed by atoms with Gasteiger partial charge in [0.25, 0.3) is 0 Å². The van der Waals surface area contributed by atoms with Crippen LogP contribution in [0.1, 0.15) is 19.3 Å². The van der Waals surface area contributed by atoms with Crippen LogP contribution in [0.2, 0.25) is 0 Å². The maximum absolute atomic E-state index is 14.2. The molecule has 1 aromatic rings. The average molecular weight is 355 g/mol. The van der Waals surface area contributed by atoms with Gasteiger partial charge in [0, 0.05) is 18.8 Å². The lowest BCUT2D eigenvalue weighted by molar-refractivity contribution is -0.130. The number of rotatable bonds is 4. The van der Waals surface area contributed by atoms with Crippen molar-refractivity contribution in [2.45, 2.75) is 36.2 Å². The van der Waals surface area contributed by atoms with Gasteiger partial charge in [-0.15, -0.1) is 0 Å². The number of nitrogens with one attached hydrogen (secondary N) is 2. The van der Waals surface area contributed by atoms with Crippen LogP contribution in [0.4, 0.5) is 10.1 Å². The van der Waals surface area contributed by atoms with E-state index in [1.807, 2.05) is 4.90 Å². The molecule has 2 aliphatic rings. The highest BCUT2D eigenvalue weighted by molar-refractivity contribution is 7.90. The summed E-state index contributed by atoms with van der Waals surface area (Å²) in [5, 5.41) is 6.21. The van der Waals surface area contributed by atoms with E-state index in [1.54, 1.807) is 0 Å². The average Bonchev–Trinajstić information content (AvgIpc) is 2.90. The van der Waals surface area contributed by atoms with E-state index in [2.05, 4.69) is 10.6 Å². The first-order valence-corrected chi connectivity index (χ1v) is 10.0. The Morgan fingerprint density at radius 1 is 1.25 bits per heavy atom. The first-order chi connectivity index (χ1) is 11.4. The Kier molecular flexibility index (Phi) is 4.78. The van der Waals surface area contributed by atoms with Gasteiger partial charge < -0.3 is 15.5 Å². The lowest BCUT2D eigenvalue weighted by Gasteiger charge is -2.31. The van der Waals surface area contributed by atoms with Crippen molar-refractivity contribution in [2.24, 2.45) is 0 Å². The molecule has 24 heavy (non-hydrogen) atoms. The quantitative estimate of drug-likeness (QED) is 0.842. The smallest absolute Gasteiger partial charge is 0.245 e. The van der Waals surface area contributed by atoms with E-state index in [-0.39, 0.29) is 22.5 Å². The van der Waals surface area contributed by atoms with Crippen LogP contribution in [-0.4, -0.2) is 57.2 Å². The Bertz CT molecular complexity index is 732. The van der Waals surface area contributed by atoms with Crippen LogP contribution in [0.25, 0.3) is 0 Å². The molecule has 0 saturated carbocycles. The summed E-state index contributed by atoms with van der Waals surface area (Å²) in [5.74, 6) is -0.667. The molecule has 2 fully saturated rings. The number of sulfone groups is 1. The molecule has 1 aromatic carbocycles. The van der Waals surface area contributed by atoms with E-state index in [0.717, 1.165) is 38.3 Å². The molecule has 3 rings (SSSR count). The van der Waals surface area contributed by atoms with Crippen molar-refractivity contribution >= 4 is 21.4 Å². The number of piperidine rings is 1. The third-order valence-corrected chi connectivity index (χ3v) is 5.80. The van der Waals surface area contributed by atoms with Crippen molar-refractivity contribution in [1.82, 2.24) is 10.2 Å². The second-order valence-electron chi connectivity index (χ2n) is 6.41. The molecule has 0 aliphatic carbocycles. The molecule has 1 unspecified atom stereocenters. The summed E-state index contributed by atoms with van der Waals surface area (Å²) in [4.78, 5) is 14.4. The molecule has 8 heteroatoms. The largest absolute Gasteiger partial charge is 0.371 e. The van der Waals surface area contributed by atoms with Crippen molar-refractivity contribution in [3.05, 3.63) is 24.0 Å². The number of likely N-dealkylation sites (tertiary alicyclic amines) is 1. The Morgan fingerprint density at radius 2 is 1.96 bits per heavy atom. The number of benzene rings is 1. The Hall–Kier alpha value is -1.67. The van der Waals surface area contributed by atoms with Gasteiger partial charge in [0.05, 0.1) is 10.6 Å². The van der Waals surface area contributed by atoms with Crippen LogP contribution in [-0.2, 0) is 14.6 Å². The fraction of sp³-hybridized carbons (Fsp3) is 0.562. The summed E-state index contributed by atoms with van der Waals surface area (Å²) < 4.78 is 37.1. The molecule has 2 saturated heterocycles. The van der Waals surface area contributed by atoms with E-state index < -0.39 is 21.7 Å². The van der Waals surface area contributed by atoms with Crippen LogP contribution in [0.3, 0.4) is 0 Å². The van der Waals surface area contributed by atoms with Gasteiger partial charge in [-0.2, -0.15) is 0 Å². The minimum Gasteiger partial charge on any atom is -0.371 e. The molecule has 0 aromatic heterocycles. The maximum atomic E-state index is 14.2. The summed E-state index contributed by atoms with van der Waals surface area (Å²) in [6.07, 6.45) is 3.54.